The van der Waals surface area contributed by atoms with Gasteiger partial charge in [-0.25, -0.2) is 14.1 Å². The number of anilines is 1. The minimum atomic E-state index is -4.76. The quantitative estimate of drug-likeness (QED) is 0.164. The number of carboxylic acids is 1. The molecule has 2 atom stereocenters. The second kappa shape index (κ2) is 8.76. The first-order chi connectivity index (χ1) is 14.1. The summed E-state index contributed by atoms with van der Waals surface area (Å²) in [5.74, 6) is -3.30. The van der Waals surface area contributed by atoms with Crippen molar-refractivity contribution < 1.29 is 37.3 Å². The third kappa shape index (κ3) is 5.48. The van der Waals surface area contributed by atoms with Gasteiger partial charge in [0, 0.05) is 11.4 Å². The Morgan fingerprint density at radius 2 is 2.00 bits per heavy atom. The molecular weight excluding hydrogens is 454 g/mol. The summed E-state index contributed by atoms with van der Waals surface area (Å²) in [7, 11) is -4.76. The minimum absolute atomic E-state index is 0.0512. The molecule has 4 N–H and O–H groups in total. The van der Waals surface area contributed by atoms with Gasteiger partial charge in [0.25, 0.3) is 11.8 Å². The van der Waals surface area contributed by atoms with Crippen LogP contribution in [0.1, 0.15) is 40.3 Å². The van der Waals surface area contributed by atoms with Crippen molar-refractivity contribution in [3.63, 3.8) is 0 Å². The molecule has 0 saturated carbocycles. The van der Waals surface area contributed by atoms with E-state index < -0.39 is 51.5 Å². The van der Waals surface area contributed by atoms with Crippen molar-refractivity contribution in [1.29, 1.82) is 0 Å². The molecule has 1 aromatic rings. The van der Waals surface area contributed by atoms with Crippen molar-refractivity contribution in [2.24, 2.45) is 5.16 Å². The first-order valence-electron chi connectivity index (χ1n) is 8.98. The Balaban J connectivity index is 2.30. The van der Waals surface area contributed by atoms with Crippen LogP contribution in [-0.2, 0) is 29.5 Å². The number of amides is 2. The van der Waals surface area contributed by atoms with Crippen molar-refractivity contribution in [3.8, 4) is 0 Å². The number of carboxylic acid groups (broad SMARTS) is 1. The highest BCUT2D eigenvalue weighted by Gasteiger charge is 2.51. The maximum absolute atomic E-state index is 12.8. The molecule has 31 heavy (non-hydrogen) atoms. The van der Waals surface area contributed by atoms with Crippen LogP contribution >= 0.6 is 11.3 Å². The van der Waals surface area contributed by atoms with Crippen molar-refractivity contribution in [2.45, 2.75) is 58.3 Å². The zero-order valence-corrected chi connectivity index (χ0v) is 18.9. The van der Waals surface area contributed by atoms with Gasteiger partial charge in [-0.2, -0.15) is 8.42 Å². The topological polar surface area (TPSA) is 188 Å². The van der Waals surface area contributed by atoms with Crippen LogP contribution < -0.4 is 10.6 Å². The Hall–Kier alpha value is -2.78. The van der Waals surface area contributed by atoms with Gasteiger partial charge >= 0.3 is 16.3 Å². The summed E-state index contributed by atoms with van der Waals surface area (Å²) in [5.41, 5.74) is -2.12. The molecule has 0 radical (unpaired) electrons. The van der Waals surface area contributed by atoms with Crippen LogP contribution in [0.25, 0.3) is 0 Å². The lowest BCUT2D eigenvalue weighted by molar-refractivity contribution is -0.161. The van der Waals surface area contributed by atoms with E-state index in [1.54, 1.807) is 0 Å². The summed E-state index contributed by atoms with van der Waals surface area (Å²) in [6.07, 6.45) is 0. The van der Waals surface area contributed by atoms with Crippen LogP contribution in [0.4, 0.5) is 5.13 Å². The molecule has 2 heterocycles. The van der Waals surface area contributed by atoms with Crippen LogP contribution in [0.2, 0.25) is 0 Å². The van der Waals surface area contributed by atoms with E-state index in [4.69, 9.17) is 9.39 Å². The average molecular weight is 478 g/mol. The summed E-state index contributed by atoms with van der Waals surface area (Å²) in [6.45, 7) is 7.53. The lowest BCUT2D eigenvalue weighted by atomic mass is 10.0. The Morgan fingerprint density at radius 3 is 2.48 bits per heavy atom. The SMILES string of the molecule is CC(C)Nc1nc(/C(=N/OC(C)(C)C(=O)O)C(=O)N[C@@H]2C(=O)N(S(=O)(=O)O)[C@H]2C)cs1. The molecule has 0 spiro atoms. The molecule has 2 amide bonds. The first-order valence-corrected chi connectivity index (χ1v) is 11.3. The van der Waals surface area contributed by atoms with Crippen molar-refractivity contribution in [3.05, 3.63) is 11.1 Å². The zero-order valence-electron chi connectivity index (χ0n) is 17.3. The van der Waals surface area contributed by atoms with E-state index in [0.717, 1.165) is 11.3 Å². The second-order valence-electron chi connectivity index (χ2n) is 7.49. The number of aliphatic carboxylic acids is 1. The molecule has 0 unspecified atom stereocenters. The molecule has 2 rings (SSSR count). The van der Waals surface area contributed by atoms with Gasteiger partial charge in [0.15, 0.2) is 10.8 Å². The van der Waals surface area contributed by atoms with Crippen molar-refractivity contribution in [1.82, 2.24) is 14.6 Å². The van der Waals surface area contributed by atoms with E-state index in [-0.39, 0.29) is 16.0 Å². The summed E-state index contributed by atoms with van der Waals surface area (Å²) < 4.78 is 31.7. The molecule has 0 aliphatic carbocycles. The van der Waals surface area contributed by atoms with E-state index in [2.05, 4.69) is 20.8 Å². The number of hydrogen-bond donors (Lipinski definition) is 4. The Morgan fingerprint density at radius 1 is 1.39 bits per heavy atom. The molecule has 1 aromatic heterocycles. The average Bonchev–Trinajstić information content (AvgIpc) is 3.05. The number of aromatic nitrogens is 1. The highest BCUT2D eigenvalue weighted by atomic mass is 32.2. The van der Waals surface area contributed by atoms with Gasteiger partial charge in [-0.3, -0.25) is 14.1 Å². The van der Waals surface area contributed by atoms with Crippen LogP contribution in [-0.4, -0.2) is 74.6 Å². The standard InChI is InChI=1S/C16H23N5O8S2/c1-7(2)17-15-18-9(6-30-15)11(20-29-16(4,5)14(24)25)12(22)19-10-8(3)21(13(10)23)31(26,27)28/h6-8,10H,1-5H3,(H,17,18)(H,19,22)(H,24,25)(H,26,27,28)/b20-11-/t8-,10-/m0/s1. The van der Waals surface area contributed by atoms with Crippen LogP contribution in [0.15, 0.2) is 10.5 Å². The van der Waals surface area contributed by atoms with Crippen molar-refractivity contribution >= 4 is 50.3 Å². The van der Waals surface area contributed by atoms with Gasteiger partial charge in [0.05, 0.1) is 6.04 Å². The monoisotopic (exact) mass is 477 g/mol. The first kappa shape index (κ1) is 24.5. The molecular formula is C16H23N5O8S2. The van der Waals surface area contributed by atoms with Gasteiger partial charge in [0.2, 0.25) is 5.60 Å². The number of carbonyl (C=O) groups excluding carboxylic acids is 2. The normalized spacial score (nSPS) is 19.8. The van der Waals surface area contributed by atoms with Crippen LogP contribution in [0.5, 0.6) is 0 Å². The number of nitrogens with zero attached hydrogens (tertiary/aromatic N) is 3. The number of β-lactam (4-membered cyclic amide) rings is 1. The van der Waals surface area contributed by atoms with E-state index in [1.807, 2.05) is 13.8 Å². The van der Waals surface area contributed by atoms with E-state index in [9.17, 15) is 27.9 Å². The summed E-state index contributed by atoms with van der Waals surface area (Å²) in [5, 5.41) is 20.1. The van der Waals surface area contributed by atoms with Gasteiger partial charge in [-0.15, -0.1) is 11.3 Å². The maximum atomic E-state index is 12.8. The third-order valence-corrected chi connectivity index (χ3v) is 5.91. The van der Waals surface area contributed by atoms with Crippen molar-refractivity contribution in [2.75, 3.05) is 5.32 Å². The zero-order chi connectivity index (χ0) is 23.7. The lowest BCUT2D eigenvalue weighted by Gasteiger charge is -2.42. The predicted molar refractivity (Wildman–Crippen MR) is 110 cm³/mol. The van der Waals surface area contributed by atoms with Crippen LogP contribution in [0.3, 0.4) is 0 Å². The summed E-state index contributed by atoms with van der Waals surface area (Å²) in [6, 6.07) is -2.24. The molecule has 0 aromatic carbocycles. The highest BCUT2D eigenvalue weighted by Crippen LogP contribution is 2.24. The smallest absolute Gasteiger partial charge is 0.362 e. The second-order valence-corrected chi connectivity index (χ2v) is 9.63. The molecule has 172 valence electrons. The molecule has 1 fully saturated rings. The Kier molecular flexibility index (Phi) is 6.92. The van der Waals surface area contributed by atoms with E-state index in [1.165, 1.54) is 26.2 Å². The molecule has 15 heteroatoms. The highest BCUT2D eigenvalue weighted by molar-refractivity contribution is 7.84. The van der Waals surface area contributed by atoms with Gasteiger partial charge < -0.3 is 20.6 Å². The molecule has 13 nitrogen and oxygen atoms in total. The number of rotatable bonds is 9. The fraction of sp³-hybridized carbons (Fsp3) is 0.562. The molecule has 1 aliphatic heterocycles. The predicted octanol–water partition coefficient (Wildman–Crippen LogP) is 0.0656. The fourth-order valence-corrected chi connectivity index (χ4v) is 4.14. The van der Waals surface area contributed by atoms with Gasteiger partial charge in [0.1, 0.15) is 11.7 Å². The Bertz CT molecular complexity index is 1020. The lowest BCUT2D eigenvalue weighted by Crippen LogP contribution is -2.71. The molecule has 0 bridgehead atoms. The van der Waals surface area contributed by atoms with E-state index in [0.29, 0.717) is 5.13 Å². The molecule has 1 aliphatic rings. The summed E-state index contributed by atoms with van der Waals surface area (Å²) >= 11 is 1.16. The Labute approximate surface area is 182 Å². The largest absolute Gasteiger partial charge is 0.478 e. The third-order valence-electron chi connectivity index (χ3n) is 4.12. The number of nitrogens with one attached hydrogen (secondary N) is 2. The minimum Gasteiger partial charge on any atom is -0.478 e. The number of hydrogen-bond acceptors (Lipinski definition) is 10. The van der Waals surface area contributed by atoms with Gasteiger partial charge in [-0.1, -0.05) is 5.16 Å². The molecule has 1 saturated heterocycles. The number of thiazole rings is 1. The summed E-state index contributed by atoms with van der Waals surface area (Å²) in [4.78, 5) is 45.4. The maximum Gasteiger partial charge on any atom is 0.362 e. The fourth-order valence-electron chi connectivity index (χ4n) is 2.41. The number of carbonyl (C=O) groups is 3. The van der Waals surface area contributed by atoms with Gasteiger partial charge in [-0.05, 0) is 34.6 Å². The van der Waals surface area contributed by atoms with Crippen LogP contribution in [0, 0.1) is 0 Å². The number of oxime groups is 1. The van der Waals surface area contributed by atoms with E-state index >= 15 is 0 Å².